The van der Waals surface area contributed by atoms with Crippen molar-refractivity contribution in [1.82, 2.24) is 19.7 Å². The minimum absolute atomic E-state index is 0.0663. The summed E-state index contributed by atoms with van der Waals surface area (Å²) in [6, 6.07) is 9.86. The molecule has 0 unspecified atom stereocenters. The van der Waals surface area contributed by atoms with Crippen LogP contribution in [0.1, 0.15) is 26.7 Å². The van der Waals surface area contributed by atoms with Crippen LogP contribution in [0.2, 0.25) is 0 Å². The van der Waals surface area contributed by atoms with Crippen LogP contribution >= 0.6 is 11.8 Å². The molecule has 1 aliphatic heterocycles. The summed E-state index contributed by atoms with van der Waals surface area (Å²) in [5, 5.41) is 8.97. The Kier molecular flexibility index (Phi) is 6.72. The highest BCUT2D eigenvalue weighted by Gasteiger charge is 2.31. The van der Waals surface area contributed by atoms with Crippen LogP contribution in [0, 0.1) is 5.92 Å². The van der Waals surface area contributed by atoms with Crippen molar-refractivity contribution >= 4 is 23.6 Å². The van der Waals surface area contributed by atoms with Gasteiger partial charge in [-0.2, -0.15) is 0 Å². The number of aromatic nitrogens is 3. The van der Waals surface area contributed by atoms with Gasteiger partial charge in [-0.25, -0.2) is 0 Å². The first-order valence-corrected chi connectivity index (χ1v) is 10.5. The highest BCUT2D eigenvalue weighted by molar-refractivity contribution is 8.00. The molecule has 0 radical (unpaired) electrons. The molecule has 8 heteroatoms. The monoisotopic (exact) mass is 402 g/mol. The number of rotatable bonds is 6. The number of esters is 1. The Balaban J connectivity index is 1.58. The summed E-state index contributed by atoms with van der Waals surface area (Å²) in [7, 11) is 1.91. The van der Waals surface area contributed by atoms with Gasteiger partial charge in [0.2, 0.25) is 5.91 Å². The molecule has 1 fully saturated rings. The van der Waals surface area contributed by atoms with Crippen molar-refractivity contribution in [3.63, 3.8) is 0 Å². The number of thioether (sulfide) groups is 1. The molecule has 0 bridgehead atoms. The quantitative estimate of drug-likeness (QED) is 0.546. The lowest BCUT2D eigenvalue weighted by Gasteiger charge is -2.32. The maximum Gasteiger partial charge on any atom is 0.309 e. The molecule has 1 saturated heterocycles. The third-order valence-electron chi connectivity index (χ3n) is 4.92. The Morgan fingerprint density at radius 2 is 1.89 bits per heavy atom. The maximum atomic E-state index is 12.8. The van der Waals surface area contributed by atoms with E-state index in [2.05, 4.69) is 10.2 Å². The zero-order chi connectivity index (χ0) is 20.1. The molecule has 1 atom stereocenters. The summed E-state index contributed by atoms with van der Waals surface area (Å²) in [4.78, 5) is 26.5. The van der Waals surface area contributed by atoms with Crippen LogP contribution in [0.4, 0.5) is 0 Å². The second-order valence-corrected chi connectivity index (χ2v) is 8.15. The van der Waals surface area contributed by atoms with E-state index in [1.54, 1.807) is 0 Å². The van der Waals surface area contributed by atoms with Gasteiger partial charge in [-0.3, -0.25) is 9.59 Å². The van der Waals surface area contributed by atoms with Gasteiger partial charge in [0.05, 0.1) is 17.8 Å². The Hall–Kier alpha value is -2.35. The molecule has 0 aliphatic carbocycles. The third-order valence-corrected chi connectivity index (χ3v) is 6.04. The van der Waals surface area contributed by atoms with Crippen molar-refractivity contribution < 1.29 is 14.3 Å². The number of amides is 1. The number of hydrogen-bond donors (Lipinski definition) is 0. The van der Waals surface area contributed by atoms with Crippen LogP contribution in [0.15, 0.2) is 35.5 Å². The largest absolute Gasteiger partial charge is 0.466 e. The van der Waals surface area contributed by atoms with Gasteiger partial charge in [0.25, 0.3) is 0 Å². The molecule has 0 spiro atoms. The normalized spacial score (nSPS) is 16.0. The Morgan fingerprint density at radius 1 is 1.21 bits per heavy atom. The van der Waals surface area contributed by atoms with Crippen molar-refractivity contribution in [3.05, 3.63) is 30.3 Å². The average molecular weight is 403 g/mol. The predicted octanol–water partition coefficient (Wildman–Crippen LogP) is 2.76. The molecule has 3 rings (SSSR count). The summed E-state index contributed by atoms with van der Waals surface area (Å²) >= 11 is 1.41. The lowest BCUT2D eigenvalue weighted by Crippen LogP contribution is -2.43. The van der Waals surface area contributed by atoms with E-state index in [0.717, 1.165) is 11.4 Å². The lowest BCUT2D eigenvalue weighted by atomic mass is 9.97. The molecule has 0 N–H and O–H groups in total. The summed E-state index contributed by atoms with van der Waals surface area (Å²) in [5.74, 6) is 0.596. The highest BCUT2D eigenvalue weighted by atomic mass is 32.2. The average Bonchev–Trinajstić information content (AvgIpc) is 3.08. The van der Waals surface area contributed by atoms with Crippen LogP contribution < -0.4 is 0 Å². The lowest BCUT2D eigenvalue weighted by molar-refractivity contribution is -0.151. The second-order valence-electron chi connectivity index (χ2n) is 6.84. The molecular weight excluding hydrogens is 376 g/mol. The molecule has 7 nitrogen and oxygen atoms in total. The van der Waals surface area contributed by atoms with Gasteiger partial charge in [0.15, 0.2) is 11.0 Å². The predicted molar refractivity (Wildman–Crippen MR) is 108 cm³/mol. The van der Waals surface area contributed by atoms with Crippen LogP contribution in [-0.4, -0.2) is 56.5 Å². The second kappa shape index (κ2) is 9.23. The third kappa shape index (κ3) is 4.55. The molecule has 1 aliphatic rings. The smallest absolute Gasteiger partial charge is 0.309 e. The van der Waals surface area contributed by atoms with Crippen LogP contribution in [-0.2, 0) is 21.4 Å². The van der Waals surface area contributed by atoms with Gasteiger partial charge in [-0.05, 0) is 26.7 Å². The molecule has 2 aromatic rings. The van der Waals surface area contributed by atoms with Crippen molar-refractivity contribution in [1.29, 1.82) is 0 Å². The Labute approximate surface area is 169 Å². The van der Waals surface area contributed by atoms with Crippen LogP contribution in [0.5, 0.6) is 0 Å². The zero-order valence-electron chi connectivity index (χ0n) is 16.5. The first-order chi connectivity index (χ1) is 13.5. The number of ether oxygens (including phenoxy) is 1. The highest BCUT2D eigenvalue weighted by Crippen LogP contribution is 2.28. The van der Waals surface area contributed by atoms with E-state index in [1.165, 1.54) is 11.8 Å². The maximum absolute atomic E-state index is 12.8. The van der Waals surface area contributed by atoms with Crippen molar-refractivity contribution in [2.24, 2.45) is 13.0 Å². The van der Waals surface area contributed by atoms with Gasteiger partial charge in [-0.1, -0.05) is 42.1 Å². The number of carbonyl (C=O) groups excluding carboxylic acids is 2. The minimum atomic E-state index is -0.273. The van der Waals surface area contributed by atoms with Crippen LogP contribution in [0.3, 0.4) is 0 Å². The molecule has 1 amide bonds. The molecule has 28 heavy (non-hydrogen) atoms. The van der Waals surface area contributed by atoms with E-state index in [1.807, 2.05) is 60.7 Å². The zero-order valence-corrected chi connectivity index (χ0v) is 17.3. The van der Waals surface area contributed by atoms with Crippen molar-refractivity contribution in [3.8, 4) is 11.4 Å². The number of hydrogen-bond acceptors (Lipinski definition) is 6. The van der Waals surface area contributed by atoms with Gasteiger partial charge < -0.3 is 14.2 Å². The number of piperidine rings is 1. The Morgan fingerprint density at radius 3 is 2.54 bits per heavy atom. The van der Waals surface area contributed by atoms with Gasteiger partial charge in [-0.15, -0.1) is 10.2 Å². The van der Waals surface area contributed by atoms with E-state index < -0.39 is 0 Å². The summed E-state index contributed by atoms with van der Waals surface area (Å²) in [5.41, 5.74) is 0.990. The molecule has 2 heterocycles. The minimum Gasteiger partial charge on any atom is -0.466 e. The summed E-state index contributed by atoms with van der Waals surface area (Å²) in [6.07, 6.45) is 1.31. The van der Waals surface area contributed by atoms with Crippen molar-refractivity contribution in [2.45, 2.75) is 37.1 Å². The van der Waals surface area contributed by atoms with E-state index in [0.29, 0.717) is 37.7 Å². The van der Waals surface area contributed by atoms with Crippen molar-refractivity contribution in [2.75, 3.05) is 19.7 Å². The van der Waals surface area contributed by atoms with Gasteiger partial charge >= 0.3 is 5.97 Å². The van der Waals surface area contributed by atoms with Crippen LogP contribution in [0.25, 0.3) is 11.4 Å². The molecule has 150 valence electrons. The topological polar surface area (TPSA) is 77.3 Å². The number of nitrogens with zero attached hydrogens (tertiary/aromatic N) is 4. The van der Waals surface area contributed by atoms with E-state index in [4.69, 9.17) is 4.74 Å². The molecular formula is C20H26N4O3S. The summed E-state index contributed by atoms with van der Waals surface area (Å²) in [6.45, 7) is 5.27. The summed E-state index contributed by atoms with van der Waals surface area (Å²) < 4.78 is 7.00. The SMILES string of the molecule is CCOC(=O)C1CCN(C(=O)[C@H](C)Sc2nnc(-c3ccccc3)n2C)CC1. The molecule has 1 aromatic heterocycles. The first kappa shape index (κ1) is 20.4. The van der Waals surface area contributed by atoms with E-state index in [-0.39, 0.29) is 23.0 Å². The van der Waals surface area contributed by atoms with Gasteiger partial charge in [0, 0.05) is 25.7 Å². The fraction of sp³-hybridized carbons (Fsp3) is 0.500. The number of likely N-dealkylation sites (tertiary alicyclic amines) is 1. The van der Waals surface area contributed by atoms with E-state index >= 15 is 0 Å². The van der Waals surface area contributed by atoms with E-state index in [9.17, 15) is 9.59 Å². The Bertz CT molecular complexity index is 816. The fourth-order valence-electron chi connectivity index (χ4n) is 3.32. The first-order valence-electron chi connectivity index (χ1n) is 9.58. The molecule has 0 saturated carbocycles. The number of benzene rings is 1. The fourth-order valence-corrected chi connectivity index (χ4v) is 4.22. The molecule has 1 aromatic carbocycles. The number of carbonyl (C=O) groups is 2. The standard InChI is InChI=1S/C20H26N4O3S/c1-4-27-19(26)16-10-12-24(13-11-16)18(25)14(2)28-20-22-21-17(23(20)3)15-8-6-5-7-9-15/h5-9,14,16H,4,10-13H2,1-3H3/t14-/m0/s1. The van der Waals surface area contributed by atoms with Gasteiger partial charge in [0.1, 0.15) is 0 Å².